The molecule has 3 heteroatoms. The maximum atomic E-state index is 12.5. The zero-order chi connectivity index (χ0) is 13.2. The Hall–Kier alpha value is -0.570. The Kier molecular flexibility index (Phi) is 4.99. The van der Waals surface area contributed by atoms with Crippen molar-refractivity contribution in [3.63, 3.8) is 0 Å². The molecule has 1 heterocycles. The fourth-order valence-corrected chi connectivity index (χ4v) is 2.71. The van der Waals surface area contributed by atoms with Gasteiger partial charge in [-0.15, -0.1) is 0 Å². The highest BCUT2D eigenvalue weighted by molar-refractivity contribution is 5.85. The number of carbonyl (C=O) groups excluding carboxylic acids is 1. The Bertz CT molecular complexity index is 259. The van der Waals surface area contributed by atoms with Gasteiger partial charge in [0.15, 0.2) is 0 Å². The molecule has 17 heavy (non-hydrogen) atoms. The molecule has 2 unspecified atom stereocenters. The lowest BCUT2D eigenvalue weighted by Gasteiger charge is -2.33. The Balaban J connectivity index is 2.93. The fraction of sp³-hybridized carbons (Fsp3) is 0.929. The van der Waals surface area contributed by atoms with E-state index in [4.69, 9.17) is 0 Å². The first-order chi connectivity index (χ1) is 7.93. The van der Waals surface area contributed by atoms with E-state index in [2.05, 4.69) is 51.8 Å². The number of hydrogen-bond acceptors (Lipinski definition) is 2. The van der Waals surface area contributed by atoms with E-state index in [1.54, 1.807) is 0 Å². The van der Waals surface area contributed by atoms with Gasteiger partial charge in [0.1, 0.15) is 0 Å². The van der Waals surface area contributed by atoms with E-state index in [0.717, 1.165) is 12.8 Å². The molecule has 0 aromatic rings. The molecule has 100 valence electrons. The molecule has 0 bridgehead atoms. The number of nitrogens with zero attached hydrogens (tertiary/aromatic N) is 1. The van der Waals surface area contributed by atoms with Gasteiger partial charge in [-0.25, -0.2) is 0 Å². The predicted octanol–water partition coefficient (Wildman–Crippen LogP) is 2.61. The van der Waals surface area contributed by atoms with Gasteiger partial charge < -0.3 is 4.90 Å². The zero-order valence-electron chi connectivity index (χ0n) is 12.2. The molecular formula is C14H28N2O. The molecule has 1 aliphatic heterocycles. The summed E-state index contributed by atoms with van der Waals surface area (Å²) < 4.78 is 0. The number of rotatable bonds is 5. The Morgan fingerprint density at radius 2 is 1.65 bits per heavy atom. The minimum atomic E-state index is 0.00278. The third kappa shape index (κ3) is 2.82. The zero-order valence-corrected chi connectivity index (χ0v) is 12.2. The number of carbonyl (C=O) groups is 1. The maximum Gasteiger partial charge on any atom is 0.241 e. The third-order valence-electron chi connectivity index (χ3n) is 3.80. The fourth-order valence-electron chi connectivity index (χ4n) is 2.71. The lowest BCUT2D eigenvalue weighted by atomic mass is 10.0. The molecular weight excluding hydrogens is 212 g/mol. The molecule has 1 saturated heterocycles. The van der Waals surface area contributed by atoms with E-state index in [1.807, 2.05) is 0 Å². The molecule has 1 amide bonds. The molecule has 0 aromatic carbocycles. The normalized spacial score (nSPS) is 25.7. The van der Waals surface area contributed by atoms with Gasteiger partial charge in [-0.3, -0.25) is 10.1 Å². The third-order valence-corrected chi connectivity index (χ3v) is 3.80. The van der Waals surface area contributed by atoms with E-state index in [1.165, 1.54) is 0 Å². The standard InChI is InChI=1S/C14H28N2O/c1-7-11(8-2)16-13(10(5)6)15-12(9(3)4)14(16)17/h9-13,15H,7-8H2,1-6H3. The van der Waals surface area contributed by atoms with Crippen LogP contribution in [0.5, 0.6) is 0 Å². The van der Waals surface area contributed by atoms with Crippen LogP contribution in [0.25, 0.3) is 0 Å². The molecule has 1 rings (SSSR count). The van der Waals surface area contributed by atoms with E-state index >= 15 is 0 Å². The van der Waals surface area contributed by atoms with Crippen molar-refractivity contribution in [3.05, 3.63) is 0 Å². The average Bonchev–Trinajstić information content (AvgIpc) is 2.59. The SMILES string of the molecule is CCC(CC)N1C(=O)C(C(C)C)NC1C(C)C. The van der Waals surface area contributed by atoms with Crippen molar-refractivity contribution in [2.45, 2.75) is 72.6 Å². The summed E-state index contributed by atoms with van der Waals surface area (Å²) in [6, 6.07) is 0.383. The van der Waals surface area contributed by atoms with Crippen LogP contribution in [0, 0.1) is 11.8 Å². The van der Waals surface area contributed by atoms with Crippen molar-refractivity contribution >= 4 is 5.91 Å². The number of hydrogen-bond donors (Lipinski definition) is 1. The molecule has 0 spiro atoms. The maximum absolute atomic E-state index is 12.5. The van der Waals surface area contributed by atoms with Crippen molar-refractivity contribution in [2.24, 2.45) is 11.8 Å². The van der Waals surface area contributed by atoms with Crippen molar-refractivity contribution in [1.29, 1.82) is 0 Å². The van der Waals surface area contributed by atoms with Gasteiger partial charge in [-0.1, -0.05) is 41.5 Å². The highest BCUT2D eigenvalue weighted by Gasteiger charge is 2.43. The van der Waals surface area contributed by atoms with Crippen LogP contribution in [0.3, 0.4) is 0 Å². The van der Waals surface area contributed by atoms with Crippen LogP contribution >= 0.6 is 0 Å². The summed E-state index contributed by atoms with van der Waals surface area (Å²) in [5, 5.41) is 3.52. The minimum absolute atomic E-state index is 0.00278. The van der Waals surface area contributed by atoms with E-state index in [9.17, 15) is 4.79 Å². The molecule has 0 aromatic heterocycles. The summed E-state index contributed by atoms with van der Waals surface area (Å²) >= 11 is 0. The van der Waals surface area contributed by atoms with E-state index in [-0.39, 0.29) is 12.2 Å². The predicted molar refractivity (Wildman–Crippen MR) is 71.6 cm³/mol. The van der Waals surface area contributed by atoms with Gasteiger partial charge in [0.05, 0.1) is 12.2 Å². The quantitative estimate of drug-likeness (QED) is 0.801. The minimum Gasteiger partial charge on any atom is -0.323 e. The highest BCUT2D eigenvalue weighted by Crippen LogP contribution is 2.26. The second-order valence-electron chi connectivity index (χ2n) is 5.79. The van der Waals surface area contributed by atoms with Gasteiger partial charge >= 0.3 is 0 Å². The molecule has 1 aliphatic rings. The van der Waals surface area contributed by atoms with Crippen LogP contribution in [-0.4, -0.2) is 29.1 Å². The van der Waals surface area contributed by atoms with Crippen LogP contribution < -0.4 is 5.32 Å². The average molecular weight is 240 g/mol. The van der Waals surface area contributed by atoms with E-state index in [0.29, 0.717) is 23.8 Å². The first-order valence-electron chi connectivity index (χ1n) is 7.02. The number of nitrogens with one attached hydrogen (secondary N) is 1. The smallest absolute Gasteiger partial charge is 0.241 e. The lowest BCUT2D eigenvalue weighted by molar-refractivity contribution is -0.133. The summed E-state index contributed by atoms with van der Waals surface area (Å²) in [7, 11) is 0. The van der Waals surface area contributed by atoms with Gasteiger partial charge in [0.2, 0.25) is 5.91 Å². The first kappa shape index (κ1) is 14.5. The van der Waals surface area contributed by atoms with Crippen LogP contribution in [0.15, 0.2) is 0 Å². The molecule has 3 nitrogen and oxygen atoms in total. The Labute approximate surface area is 106 Å². The second-order valence-corrected chi connectivity index (χ2v) is 5.79. The summed E-state index contributed by atoms with van der Waals surface area (Å²) in [4.78, 5) is 14.6. The summed E-state index contributed by atoms with van der Waals surface area (Å²) in [5.74, 6) is 1.12. The topological polar surface area (TPSA) is 32.3 Å². The second kappa shape index (κ2) is 5.85. The van der Waals surface area contributed by atoms with Crippen molar-refractivity contribution in [2.75, 3.05) is 0 Å². The largest absolute Gasteiger partial charge is 0.323 e. The molecule has 0 saturated carbocycles. The Morgan fingerprint density at radius 1 is 1.12 bits per heavy atom. The number of amides is 1. The monoisotopic (exact) mass is 240 g/mol. The molecule has 2 atom stereocenters. The van der Waals surface area contributed by atoms with Gasteiger partial charge in [0, 0.05) is 6.04 Å². The van der Waals surface area contributed by atoms with Crippen molar-refractivity contribution in [1.82, 2.24) is 10.2 Å². The van der Waals surface area contributed by atoms with Crippen LogP contribution in [-0.2, 0) is 4.79 Å². The van der Waals surface area contributed by atoms with Gasteiger partial charge in [-0.05, 0) is 24.7 Å². The van der Waals surface area contributed by atoms with Crippen LogP contribution in [0.1, 0.15) is 54.4 Å². The highest BCUT2D eigenvalue weighted by atomic mass is 16.2. The summed E-state index contributed by atoms with van der Waals surface area (Å²) in [6.07, 6.45) is 2.29. The first-order valence-corrected chi connectivity index (χ1v) is 7.02. The van der Waals surface area contributed by atoms with Crippen LogP contribution in [0.4, 0.5) is 0 Å². The van der Waals surface area contributed by atoms with Crippen LogP contribution in [0.2, 0.25) is 0 Å². The molecule has 0 radical (unpaired) electrons. The van der Waals surface area contributed by atoms with Crippen molar-refractivity contribution < 1.29 is 4.79 Å². The lowest BCUT2D eigenvalue weighted by Crippen LogP contribution is -2.46. The summed E-state index contributed by atoms with van der Waals surface area (Å²) in [5.41, 5.74) is 0. The van der Waals surface area contributed by atoms with Gasteiger partial charge in [0.25, 0.3) is 0 Å². The van der Waals surface area contributed by atoms with E-state index < -0.39 is 0 Å². The molecule has 1 fully saturated rings. The summed E-state index contributed by atoms with van der Waals surface area (Å²) in [6.45, 7) is 12.9. The molecule has 1 N–H and O–H groups in total. The van der Waals surface area contributed by atoms with Gasteiger partial charge in [-0.2, -0.15) is 0 Å². The van der Waals surface area contributed by atoms with Crippen molar-refractivity contribution in [3.8, 4) is 0 Å². The Morgan fingerprint density at radius 3 is 2.00 bits per heavy atom. The molecule has 0 aliphatic carbocycles.